The van der Waals surface area contributed by atoms with Gasteiger partial charge in [0.05, 0.1) is 5.56 Å². The molecule has 2 aromatic rings. The Balaban J connectivity index is 0.00000243. The van der Waals surface area contributed by atoms with Gasteiger partial charge in [0.15, 0.2) is 5.60 Å². The number of ketones is 1. The summed E-state index contributed by atoms with van der Waals surface area (Å²) >= 11 is 0. The Morgan fingerprint density at radius 2 is 1.69 bits per heavy atom. The van der Waals surface area contributed by atoms with E-state index in [1.165, 1.54) is 0 Å². The van der Waals surface area contributed by atoms with Gasteiger partial charge < -0.3 is 15.4 Å². The van der Waals surface area contributed by atoms with Crippen LogP contribution in [0.1, 0.15) is 33.6 Å². The van der Waals surface area contributed by atoms with Crippen molar-refractivity contribution in [3.8, 4) is 0 Å². The maximum Gasteiger partial charge on any atom is 0.339 e. The van der Waals surface area contributed by atoms with E-state index in [-0.39, 0.29) is 18.2 Å². The molecule has 2 N–H and O–H groups in total. The molecule has 1 atom stereocenters. The van der Waals surface area contributed by atoms with Gasteiger partial charge in [-0.1, -0.05) is 30.3 Å². The fourth-order valence-electron chi connectivity index (χ4n) is 3.25. The first-order valence-corrected chi connectivity index (χ1v) is 8.37. The molecule has 0 saturated carbocycles. The summed E-state index contributed by atoms with van der Waals surface area (Å²) in [7, 11) is 1.93. The van der Waals surface area contributed by atoms with Crippen LogP contribution in [-0.2, 0) is 4.74 Å². The van der Waals surface area contributed by atoms with Gasteiger partial charge in [-0.15, -0.1) is 12.4 Å². The molecule has 0 bridgehead atoms. The summed E-state index contributed by atoms with van der Waals surface area (Å²) in [5.41, 5.74) is 6.03. The third-order valence-corrected chi connectivity index (χ3v) is 4.53. The van der Waals surface area contributed by atoms with Gasteiger partial charge in [-0.3, -0.25) is 4.79 Å². The van der Waals surface area contributed by atoms with Gasteiger partial charge in [-0.25, -0.2) is 4.79 Å². The molecule has 1 unspecified atom stereocenters. The van der Waals surface area contributed by atoms with Crippen LogP contribution >= 0.6 is 12.4 Å². The summed E-state index contributed by atoms with van der Waals surface area (Å²) in [5, 5.41) is 0. The number of Topliss-reactive ketones (excluding diaryl/α,β-unsaturated/α-hetero) is 1. The minimum absolute atomic E-state index is 0. The molecule has 1 aliphatic heterocycles. The Kier molecular flexibility index (Phi) is 6.40. The largest absolute Gasteiger partial charge is 0.446 e. The topological polar surface area (TPSA) is 72.6 Å². The van der Waals surface area contributed by atoms with Crippen molar-refractivity contribution in [2.45, 2.75) is 18.4 Å². The second-order valence-electron chi connectivity index (χ2n) is 6.54. The van der Waals surface area contributed by atoms with Crippen molar-refractivity contribution in [1.82, 2.24) is 4.90 Å². The van der Waals surface area contributed by atoms with E-state index < -0.39 is 11.6 Å². The molecule has 0 spiro atoms. The molecule has 2 aromatic carbocycles. The van der Waals surface area contributed by atoms with E-state index in [4.69, 9.17) is 10.5 Å². The first kappa shape index (κ1) is 19.9. The number of likely N-dealkylation sites (tertiary alicyclic amines) is 1. The Morgan fingerprint density at radius 1 is 1.04 bits per heavy atom. The summed E-state index contributed by atoms with van der Waals surface area (Å²) in [6.45, 7) is 1.27. The molecular weight excluding hydrogens is 352 g/mol. The molecule has 0 amide bonds. The number of rotatable bonds is 4. The van der Waals surface area contributed by atoms with Gasteiger partial charge in [0.2, 0.25) is 5.78 Å². The Labute approximate surface area is 159 Å². The van der Waals surface area contributed by atoms with E-state index >= 15 is 0 Å². The van der Waals surface area contributed by atoms with E-state index in [0.717, 1.165) is 13.0 Å². The van der Waals surface area contributed by atoms with Crippen LogP contribution in [0.4, 0.5) is 5.69 Å². The highest BCUT2D eigenvalue weighted by Gasteiger charge is 2.45. The van der Waals surface area contributed by atoms with Gasteiger partial charge in [-0.2, -0.15) is 0 Å². The molecule has 138 valence electrons. The number of carbonyl (C=O) groups is 2. The summed E-state index contributed by atoms with van der Waals surface area (Å²) in [6, 6.07) is 15.5. The second-order valence-corrected chi connectivity index (χ2v) is 6.54. The van der Waals surface area contributed by atoms with Crippen molar-refractivity contribution in [3.05, 3.63) is 65.7 Å². The first-order valence-electron chi connectivity index (χ1n) is 8.37. The van der Waals surface area contributed by atoms with Gasteiger partial charge in [0.1, 0.15) is 0 Å². The molecule has 5 nitrogen and oxygen atoms in total. The minimum atomic E-state index is -1.16. The number of nitrogens with zero attached hydrogens (tertiary/aromatic N) is 1. The predicted octanol–water partition coefficient (Wildman–Crippen LogP) is 3.19. The number of halogens is 1. The van der Waals surface area contributed by atoms with Crippen LogP contribution in [-0.4, -0.2) is 42.4 Å². The monoisotopic (exact) mass is 374 g/mol. The highest BCUT2D eigenvalue weighted by Crippen LogP contribution is 2.30. The number of carbonyl (C=O) groups excluding carboxylic acids is 2. The Morgan fingerprint density at radius 3 is 2.31 bits per heavy atom. The van der Waals surface area contributed by atoms with Gasteiger partial charge in [-0.05, 0) is 50.7 Å². The number of hydrogen-bond donors (Lipinski definition) is 1. The molecule has 1 saturated heterocycles. The molecule has 0 aromatic heterocycles. The molecule has 26 heavy (non-hydrogen) atoms. The molecule has 0 radical (unpaired) electrons. The minimum Gasteiger partial charge on any atom is -0.446 e. The molecule has 1 heterocycles. The molecular formula is C20H23ClN2O3. The van der Waals surface area contributed by atoms with E-state index in [9.17, 15) is 9.59 Å². The van der Waals surface area contributed by atoms with Crippen molar-refractivity contribution in [3.63, 3.8) is 0 Å². The first-order chi connectivity index (χ1) is 12.0. The highest BCUT2D eigenvalue weighted by molar-refractivity contribution is 6.04. The summed E-state index contributed by atoms with van der Waals surface area (Å²) in [4.78, 5) is 27.8. The second kappa shape index (κ2) is 8.34. The van der Waals surface area contributed by atoms with Crippen LogP contribution in [0.25, 0.3) is 0 Å². The maximum absolute atomic E-state index is 13.2. The average Bonchev–Trinajstić information content (AvgIpc) is 2.62. The van der Waals surface area contributed by atoms with Crippen LogP contribution in [0, 0.1) is 0 Å². The zero-order valence-electron chi connectivity index (χ0n) is 14.7. The van der Waals surface area contributed by atoms with Gasteiger partial charge in [0.25, 0.3) is 0 Å². The number of esters is 1. The average molecular weight is 375 g/mol. The predicted molar refractivity (Wildman–Crippen MR) is 104 cm³/mol. The molecule has 1 fully saturated rings. The SMILES string of the molecule is CN1CCCC(OC(=O)c2ccc(N)cc2)(C(=O)c2ccccc2)C1.Cl. The quantitative estimate of drug-likeness (QED) is 0.505. The van der Waals surface area contributed by atoms with Crippen molar-refractivity contribution in [2.75, 3.05) is 25.9 Å². The number of likely N-dealkylation sites (N-methyl/N-ethyl adjacent to an activating group) is 1. The standard InChI is InChI=1S/C20H22N2O3.ClH/c1-22-13-5-12-20(14-22,18(23)15-6-3-2-4-7-15)25-19(24)16-8-10-17(21)11-9-16;/h2-4,6-11H,5,12-14,21H2,1H3;1H. The van der Waals surface area contributed by atoms with E-state index in [1.807, 2.05) is 30.1 Å². The molecule has 1 aliphatic rings. The third-order valence-electron chi connectivity index (χ3n) is 4.53. The van der Waals surface area contributed by atoms with Crippen molar-refractivity contribution >= 4 is 29.8 Å². The van der Waals surface area contributed by atoms with Crippen molar-refractivity contribution < 1.29 is 14.3 Å². The number of ether oxygens (including phenoxy) is 1. The van der Waals surface area contributed by atoms with Crippen LogP contribution in [0.15, 0.2) is 54.6 Å². The molecule has 6 heteroatoms. The Hall–Kier alpha value is -2.37. The van der Waals surface area contributed by atoms with Crippen LogP contribution in [0.3, 0.4) is 0 Å². The maximum atomic E-state index is 13.2. The number of nitrogen functional groups attached to an aromatic ring is 1. The summed E-state index contributed by atoms with van der Waals surface area (Å²) in [5.74, 6) is -0.650. The number of hydrogen-bond acceptors (Lipinski definition) is 5. The van der Waals surface area contributed by atoms with Crippen molar-refractivity contribution in [1.29, 1.82) is 0 Å². The lowest BCUT2D eigenvalue weighted by atomic mass is 9.85. The number of piperidine rings is 1. The lowest BCUT2D eigenvalue weighted by Gasteiger charge is -2.39. The van der Waals surface area contributed by atoms with E-state index in [0.29, 0.717) is 29.8 Å². The lowest BCUT2D eigenvalue weighted by Crippen LogP contribution is -2.54. The van der Waals surface area contributed by atoms with Crippen LogP contribution in [0.5, 0.6) is 0 Å². The third kappa shape index (κ3) is 4.23. The number of anilines is 1. The zero-order chi connectivity index (χ0) is 17.9. The fourth-order valence-corrected chi connectivity index (χ4v) is 3.25. The molecule has 3 rings (SSSR count). The van der Waals surface area contributed by atoms with Gasteiger partial charge >= 0.3 is 5.97 Å². The Bertz CT molecular complexity index is 764. The summed E-state index contributed by atoms with van der Waals surface area (Å²) < 4.78 is 5.82. The zero-order valence-corrected chi connectivity index (χ0v) is 15.5. The van der Waals surface area contributed by atoms with Crippen LogP contribution in [0.2, 0.25) is 0 Å². The lowest BCUT2D eigenvalue weighted by molar-refractivity contribution is -0.0364. The van der Waals surface area contributed by atoms with Crippen molar-refractivity contribution in [2.24, 2.45) is 0 Å². The molecule has 0 aliphatic carbocycles. The fraction of sp³-hybridized carbons (Fsp3) is 0.300. The van der Waals surface area contributed by atoms with E-state index in [1.54, 1.807) is 36.4 Å². The normalized spacial score (nSPS) is 20.0. The smallest absolute Gasteiger partial charge is 0.339 e. The van der Waals surface area contributed by atoms with E-state index in [2.05, 4.69) is 0 Å². The highest BCUT2D eigenvalue weighted by atomic mass is 35.5. The van der Waals surface area contributed by atoms with Crippen LogP contribution < -0.4 is 5.73 Å². The number of benzene rings is 2. The van der Waals surface area contributed by atoms with Gasteiger partial charge in [0, 0.05) is 17.8 Å². The summed E-state index contributed by atoms with van der Waals surface area (Å²) in [6.07, 6.45) is 1.32. The number of nitrogens with two attached hydrogens (primary N) is 1.